The number of benzene rings is 2. The number of methoxy groups -OCH3 is 1. The fourth-order valence-corrected chi connectivity index (χ4v) is 4.26. The molecule has 0 radical (unpaired) electrons. The summed E-state index contributed by atoms with van der Waals surface area (Å²) in [6.45, 7) is 4.95. The fraction of sp³-hybridized carbons (Fsp3) is 0.360. The smallest absolute Gasteiger partial charge is 0.277 e. The topological polar surface area (TPSA) is 53.1 Å². The number of hydrogen-bond acceptors (Lipinski definition) is 5. The van der Waals surface area contributed by atoms with Gasteiger partial charge in [-0.05, 0) is 17.5 Å². The van der Waals surface area contributed by atoms with Crippen molar-refractivity contribution in [2.75, 3.05) is 46.4 Å². The minimum absolute atomic E-state index is 0.184. The predicted molar refractivity (Wildman–Crippen MR) is 120 cm³/mol. The Labute approximate surface area is 183 Å². The van der Waals surface area contributed by atoms with Crippen molar-refractivity contribution in [1.29, 1.82) is 0 Å². The molecule has 1 saturated heterocycles. The molecule has 2 aromatic carbocycles. The zero-order valence-electron chi connectivity index (χ0n) is 18.0. The molecule has 162 valence electrons. The van der Waals surface area contributed by atoms with E-state index in [0.29, 0.717) is 30.8 Å². The molecular formula is C25H29N3O3. The number of piperazine rings is 1. The van der Waals surface area contributed by atoms with Crippen molar-refractivity contribution in [3.05, 3.63) is 77.5 Å². The summed E-state index contributed by atoms with van der Waals surface area (Å²) in [5.41, 5.74) is 3.17. The Morgan fingerprint density at radius 1 is 0.839 bits per heavy atom. The fourth-order valence-electron chi connectivity index (χ4n) is 4.26. The monoisotopic (exact) mass is 419 g/mol. The van der Waals surface area contributed by atoms with E-state index in [1.54, 1.807) is 7.11 Å². The Kier molecular flexibility index (Phi) is 6.79. The predicted octanol–water partition coefficient (Wildman–Crippen LogP) is 2.62. The normalized spacial score (nSPS) is 17.7. The number of amides is 2. The summed E-state index contributed by atoms with van der Waals surface area (Å²) in [7, 11) is 1.63. The number of hydrogen-bond donors (Lipinski definition) is 0. The van der Waals surface area contributed by atoms with Gasteiger partial charge in [-0.25, -0.2) is 0 Å². The van der Waals surface area contributed by atoms with Gasteiger partial charge in [0.1, 0.15) is 5.70 Å². The molecule has 31 heavy (non-hydrogen) atoms. The van der Waals surface area contributed by atoms with Gasteiger partial charge in [0.15, 0.2) is 0 Å². The lowest BCUT2D eigenvalue weighted by Gasteiger charge is -2.36. The van der Waals surface area contributed by atoms with Crippen molar-refractivity contribution in [1.82, 2.24) is 14.7 Å². The van der Waals surface area contributed by atoms with Crippen molar-refractivity contribution < 1.29 is 14.3 Å². The SMILES string of the molecule is COCCCN1C(=O)C(c2ccccc2)=C(N2CCN(Cc3ccccc3)CC2)C1=O. The van der Waals surface area contributed by atoms with E-state index in [1.807, 2.05) is 36.4 Å². The maximum Gasteiger partial charge on any atom is 0.277 e. The van der Waals surface area contributed by atoms with Crippen LogP contribution in [-0.2, 0) is 20.9 Å². The summed E-state index contributed by atoms with van der Waals surface area (Å²) < 4.78 is 5.11. The molecular weight excluding hydrogens is 390 g/mol. The van der Waals surface area contributed by atoms with Crippen molar-refractivity contribution >= 4 is 17.4 Å². The van der Waals surface area contributed by atoms with E-state index in [-0.39, 0.29) is 11.8 Å². The van der Waals surface area contributed by atoms with Gasteiger partial charge in [-0.15, -0.1) is 0 Å². The number of ether oxygens (including phenoxy) is 1. The molecule has 2 heterocycles. The van der Waals surface area contributed by atoms with Crippen LogP contribution < -0.4 is 0 Å². The molecule has 2 aromatic rings. The Morgan fingerprint density at radius 3 is 2.13 bits per heavy atom. The first-order valence-electron chi connectivity index (χ1n) is 10.8. The van der Waals surface area contributed by atoms with E-state index in [1.165, 1.54) is 10.5 Å². The van der Waals surface area contributed by atoms with Crippen molar-refractivity contribution in [2.45, 2.75) is 13.0 Å². The summed E-state index contributed by atoms with van der Waals surface area (Å²) in [5.74, 6) is -0.384. The summed E-state index contributed by atoms with van der Waals surface area (Å²) in [4.78, 5) is 32.4. The molecule has 1 fully saturated rings. The van der Waals surface area contributed by atoms with Crippen LogP contribution in [0.1, 0.15) is 17.5 Å². The lowest BCUT2D eigenvalue weighted by atomic mass is 10.0. The Morgan fingerprint density at radius 2 is 1.48 bits per heavy atom. The highest BCUT2D eigenvalue weighted by atomic mass is 16.5. The van der Waals surface area contributed by atoms with Gasteiger partial charge in [-0.2, -0.15) is 0 Å². The zero-order valence-corrected chi connectivity index (χ0v) is 18.0. The van der Waals surface area contributed by atoms with Gasteiger partial charge in [-0.3, -0.25) is 19.4 Å². The summed E-state index contributed by atoms with van der Waals surface area (Å²) in [6.07, 6.45) is 0.633. The van der Waals surface area contributed by atoms with Crippen LogP contribution in [0.4, 0.5) is 0 Å². The maximum atomic E-state index is 13.3. The van der Waals surface area contributed by atoms with E-state index >= 15 is 0 Å². The van der Waals surface area contributed by atoms with E-state index in [2.05, 4.69) is 34.1 Å². The van der Waals surface area contributed by atoms with Gasteiger partial charge < -0.3 is 9.64 Å². The number of nitrogens with zero attached hydrogens (tertiary/aromatic N) is 3. The molecule has 0 atom stereocenters. The van der Waals surface area contributed by atoms with E-state index in [4.69, 9.17) is 4.74 Å². The third kappa shape index (κ3) is 4.70. The molecule has 0 N–H and O–H groups in total. The molecule has 0 unspecified atom stereocenters. The third-order valence-electron chi connectivity index (χ3n) is 5.87. The van der Waals surface area contributed by atoms with E-state index < -0.39 is 0 Å². The Balaban J connectivity index is 1.53. The Hall–Kier alpha value is -2.96. The molecule has 4 rings (SSSR count). The average Bonchev–Trinajstić information content (AvgIpc) is 3.06. The highest BCUT2D eigenvalue weighted by molar-refractivity contribution is 6.35. The van der Waals surface area contributed by atoms with Crippen LogP contribution in [0.15, 0.2) is 66.4 Å². The van der Waals surface area contributed by atoms with E-state index in [9.17, 15) is 9.59 Å². The van der Waals surface area contributed by atoms with Gasteiger partial charge >= 0.3 is 0 Å². The van der Waals surface area contributed by atoms with Crippen LogP contribution >= 0.6 is 0 Å². The molecule has 2 aliphatic rings. The largest absolute Gasteiger partial charge is 0.385 e. The molecule has 0 aromatic heterocycles. The van der Waals surface area contributed by atoms with Crippen LogP contribution in [0.25, 0.3) is 5.57 Å². The molecule has 2 amide bonds. The van der Waals surface area contributed by atoms with Gasteiger partial charge in [-0.1, -0.05) is 60.7 Å². The number of carbonyl (C=O) groups is 2. The van der Waals surface area contributed by atoms with Gasteiger partial charge in [0, 0.05) is 53.0 Å². The second-order valence-electron chi connectivity index (χ2n) is 7.95. The summed E-state index contributed by atoms with van der Waals surface area (Å²) in [5, 5.41) is 0. The second kappa shape index (κ2) is 9.90. The molecule has 6 heteroatoms. The minimum Gasteiger partial charge on any atom is -0.385 e. The average molecular weight is 420 g/mol. The van der Waals surface area contributed by atoms with Crippen LogP contribution in [0.5, 0.6) is 0 Å². The minimum atomic E-state index is -0.200. The maximum absolute atomic E-state index is 13.3. The van der Waals surface area contributed by atoms with E-state index in [0.717, 1.165) is 38.3 Å². The van der Waals surface area contributed by atoms with Crippen LogP contribution in [0.2, 0.25) is 0 Å². The molecule has 6 nitrogen and oxygen atoms in total. The standard InChI is InChI=1S/C25H29N3O3/c1-31-18-8-13-28-24(29)22(21-11-6-3-7-12-21)23(25(28)30)27-16-14-26(15-17-27)19-20-9-4-2-5-10-20/h2-7,9-12H,8,13-19H2,1H3. The third-order valence-corrected chi connectivity index (χ3v) is 5.87. The molecule has 0 spiro atoms. The first-order chi connectivity index (χ1) is 15.2. The summed E-state index contributed by atoms with van der Waals surface area (Å²) in [6, 6.07) is 20.0. The lowest BCUT2D eigenvalue weighted by molar-refractivity contribution is -0.137. The van der Waals surface area contributed by atoms with Crippen LogP contribution in [0.3, 0.4) is 0 Å². The molecule has 2 aliphatic heterocycles. The zero-order chi connectivity index (χ0) is 21.6. The van der Waals surface area contributed by atoms with Crippen molar-refractivity contribution in [3.8, 4) is 0 Å². The second-order valence-corrected chi connectivity index (χ2v) is 7.95. The number of imide groups is 1. The number of carbonyl (C=O) groups excluding carboxylic acids is 2. The lowest BCUT2D eigenvalue weighted by Crippen LogP contribution is -2.47. The van der Waals surface area contributed by atoms with Crippen LogP contribution in [0, 0.1) is 0 Å². The number of rotatable bonds is 8. The highest BCUT2D eigenvalue weighted by Gasteiger charge is 2.41. The first kappa shape index (κ1) is 21.3. The van der Waals surface area contributed by atoms with Crippen molar-refractivity contribution in [3.63, 3.8) is 0 Å². The quantitative estimate of drug-likeness (QED) is 0.486. The first-order valence-corrected chi connectivity index (χ1v) is 10.8. The molecule has 0 saturated carbocycles. The Bertz CT molecular complexity index is 935. The van der Waals surface area contributed by atoms with Crippen molar-refractivity contribution in [2.24, 2.45) is 0 Å². The van der Waals surface area contributed by atoms with Gasteiger partial charge in [0.25, 0.3) is 11.8 Å². The molecule has 0 bridgehead atoms. The summed E-state index contributed by atoms with van der Waals surface area (Å²) >= 11 is 0. The van der Waals surface area contributed by atoms with Gasteiger partial charge in [0.2, 0.25) is 0 Å². The molecule has 0 aliphatic carbocycles. The van der Waals surface area contributed by atoms with Gasteiger partial charge in [0.05, 0.1) is 5.57 Å². The van der Waals surface area contributed by atoms with Crippen LogP contribution in [-0.4, -0.2) is 73.0 Å². The highest BCUT2D eigenvalue weighted by Crippen LogP contribution is 2.32.